The number of halogens is 1. The molecular formula is C19H13ClN2OS2. The monoisotopic (exact) mass is 384 g/mol. The van der Waals surface area contributed by atoms with E-state index in [4.69, 9.17) is 16.0 Å². The standard InChI is InChI=1S/C19H13ClN2OS2/c20-16-14-10-4-5-11-15(14)25-17(16)18-21-22-19(23-18)24-12-6-9-13-7-2-1-3-8-13/h1-11H,12H2/b9-6+. The van der Waals surface area contributed by atoms with Crippen molar-refractivity contribution in [2.24, 2.45) is 0 Å². The fraction of sp³-hybridized carbons (Fsp3) is 0.0526. The SMILES string of the molecule is Clc1c(-c2nnc(SC/C=C/c3ccccc3)o2)sc2ccccc12. The van der Waals surface area contributed by atoms with Gasteiger partial charge in [0.1, 0.15) is 4.88 Å². The molecule has 0 amide bonds. The van der Waals surface area contributed by atoms with Crippen LogP contribution in [-0.4, -0.2) is 16.0 Å². The summed E-state index contributed by atoms with van der Waals surface area (Å²) in [4.78, 5) is 0.821. The molecule has 4 aromatic rings. The number of nitrogens with zero attached hydrogens (tertiary/aromatic N) is 2. The third-order valence-corrected chi connectivity index (χ3v) is 5.98. The summed E-state index contributed by atoms with van der Waals surface area (Å²) in [6, 6.07) is 18.2. The van der Waals surface area contributed by atoms with E-state index in [0.717, 1.165) is 20.7 Å². The van der Waals surface area contributed by atoms with Gasteiger partial charge in [0.05, 0.1) is 5.02 Å². The highest BCUT2D eigenvalue weighted by molar-refractivity contribution is 7.99. The average molecular weight is 385 g/mol. The normalized spacial score (nSPS) is 11.6. The molecule has 0 atom stereocenters. The first-order valence-electron chi connectivity index (χ1n) is 7.66. The van der Waals surface area contributed by atoms with Crippen molar-refractivity contribution < 1.29 is 4.42 Å². The second-order valence-electron chi connectivity index (χ2n) is 5.24. The Bertz CT molecular complexity index is 1020. The molecular weight excluding hydrogens is 372 g/mol. The van der Waals surface area contributed by atoms with Crippen LogP contribution >= 0.6 is 34.7 Å². The minimum Gasteiger partial charge on any atom is -0.410 e. The zero-order valence-electron chi connectivity index (χ0n) is 13.1. The van der Waals surface area contributed by atoms with Crippen molar-refractivity contribution in [3.63, 3.8) is 0 Å². The minimum absolute atomic E-state index is 0.473. The lowest BCUT2D eigenvalue weighted by Gasteiger charge is -1.92. The van der Waals surface area contributed by atoms with E-state index in [1.54, 1.807) is 11.3 Å². The first kappa shape index (κ1) is 16.4. The maximum atomic E-state index is 6.46. The predicted molar refractivity (Wildman–Crippen MR) is 106 cm³/mol. The van der Waals surface area contributed by atoms with Crippen LogP contribution in [0.5, 0.6) is 0 Å². The van der Waals surface area contributed by atoms with Crippen molar-refractivity contribution in [1.82, 2.24) is 10.2 Å². The molecule has 0 saturated carbocycles. The summed E-state index contributed by atoms with van der Waals surface area (Å²) in [6.45, 7) is 0. The van der Waals surface area contributed by atoms with Crippen molar-refractivity contribution in [2.75, 3.05) is 5.75 Å². The number of aromatic nitrogens is 2. The van der Waals surface area contributed by atoms with E-state index < -0.39 is 0 Å². The second kappa shape index (κ2) is 7.44. The Morgan fingerprint density at radius 3 is 2.68 bits per heavy atom. The zero-order chi connectivity index (χ0) is 17.1. The summed E-state index contributed by atoms with van der Waals surface area (Å²) < 4.78 is 6.88. The van der Waals surface area contributed by atoms with Crippen molar-refractivity contribution >= 4 is 50.9 Å². The van der Waals surface area contributed by atoms with Gasteiger partial charge in [-0.2, -0.15) is 0 Å². The quantitative estimate of drug-likeness (QED) is 0.372. The minimum atomic E-state index is 0.473. The molecule has 2 heterocycles. The molecule has 3 nitrogen and oxygen atoms in total. The Hall–Kier alpha value is -2.08. The summed E-state index contributed by atoms with van der Waals surface area (Å²) in [5.41, 5.74) is 1.17. The molecule has 0 aliphatic rings. The number of rotatable bonds is 5. The van der Waals surface area contributed by atoms with Gasteiger partial charge >= 0.3 is 0 Å². The Kier molecular flexibility index (Phi) is 4.88. The van der Waals surface area contributed by atoms with Crippen LogP contribution < -0.4 is 0 Å². The van der Waals surface area contributed by atoms with Crippen LogP contribution in [0.2, 0.25) is 5.02 Å². The molecule has 0 aliphatic heterocycles. The first-order chi connectivity index (χ1) is 12.3. The van der Waals surface area contributed by atoms with Crippen LogP contribution in [0.15, 0.2) is 70.3 Å². The molecule has 0 radical (unpaired) electrons. The van der Waals surface area contributed by atoms with Gasteiger partial charge in [-0.15, -0.1) is 21.5 Å². The molecule has 25 heavy (non-hydrogen) atoms. The third-order valence-electron chi connectivity index (χ3n) is 3.55. The Labute approximate surface area is 158 Å². The predicted octanol–water partition coefficient (Wildman–Crippen LogP) is 6.41. The average Bonchev–Trinajstić information content (AvgIpc) is 3.25. The molecule has 0 spiro atoms. The van der Waals surface area contributed by atoms with Crippen molar-refractivity contribution in [1.29, 1.82) is 0 Å². The number of benzene rings is 2. The van der Waals surface area contributed by atoms with Gasteiger partial charge in [0, 0.05) is 15.8 Å². The van der Waals surface area contributed by atoms with E-state index in [2.05, 4.69) is 34.5 Å². The van der Waals surface area contributed by atoms with Gasteiger partial charge in [-0.25, -0.2) is 0 Å². The van der Waals surface area contributed by atoms with Crippen LogP contribution in [0.25, 0.3) is 26.9 Å². The Morgan fingerprint density at radius 2 is 1.84 bits per heavy atom. The molecule has 2 aromatic heterocycles. The van der Waals surface area contributed by atoms with E-state index in [9.17, 15) is 0 Å². The lowest BCUT2D eigenvalue weighted by molar-refractivity contribution is 0.467. The van der Waals surface area contributed by atoms with Crippen LogP contribution in [-0.2, 0) is 0 Å². The summed E-state index contributed by atoms with van der Waals surface area (Å²) >= 11 is 9.53. The number of thiophene rings is 1. The highest BCUT2D eigenvalue weighted by atomic mass is 35.5. The molecule has 0 saturated heterocycles. The van der Waals surface area contributed by atoms with Crippen molar-refractivity contribution in [2.45, 2.75) is 5.22 Å². The number of thioether (sulfide) groups is 1. The topological polar surface area (TPSA) is 38.9 Å². The van der Waals surface area contributed by atoms with Gasteiger partial charge in [0.25, 0.3) is 11.1 Å². The van der Waals surface area contributed by atoms with Crippen molar-refractivity contribution in [3.8, 4) is 10.8 Å². The van der Waals surface area contributed by atoms with Gasteiger partial charge < -0.3 is 4.42 Å². The highest BCUT2D eigenvalue weighted by Crippen LogP contribution is 2.41. The van der Waals surface area contributed by atoms with Gasteiger partial charge in [0.2, 0.25) is 0 Å². The maximum absolute atomic E-state index is 6.46. The molecule has 124 valence electrons. The highest BCUT2D eigenvalue weighted by Gasteiger charge is 2.17. The summed E-state index contributed by atoms with van der Waals surface area (Å²) in [7, 11) is 0. The zero-order valence-corrected chi connectivity index (χ0v) is 15.4. The fourth-order valence-corrected chi connectivity index (χ4v) is 4.38. The largest absolute Gasteiger partial charge is 0.410 e. The Morgan fingerprint density at radius 1 is 1.04 bits per heavy atom. The smallest absolute Gasteiger partial charge is 0.277 e. The molecule has 0 fully saturated rings. The van der Waals surface area contributed by atoms with E-state index in [1.165, 1.54) is 17.3 Å². The van der Waals surface area contributed by atoms with Crippen LogP contribution in [0.3, 0.4) is 0 Å². The number of hydrogen-bond donors (Lipinski definition) is 0. The molecule has 0 unspecified atom stereocenters. The van der Waals surface area contributed by atoms with Gasteiger partial charge in [-0.1, -0.05) is 84.0 Å². The van der Waals surface area contributed by atoms with Crippen LogP contribution in [0.4, 0.5) is 0 Å². The second-order valence-corrected chi connectivity index (χ2v) is 7.64. The third kappa shape index (κ3) is 3.63. The van der Waals surface area contributed by atoms with Gasteiger partial charge in [-0.3, -0.25) is 0 Å². The van der Waals surface area contributed by atoms with E-state index in [1.807, 2.05) is 42.5 Å². The molecule has 4 rings (SSSR count). The van der Waals surface area contributed by atoms with E-state index in [0.29, 0.717) is 16.1 Å². The molecule has 0 N–H and O–H groups in total. The van der Waals surface area contributed by atoms with E-state index in [-0.39, 0.29) is 0 Å². The van der Waals surface area contributed by atoms with Crippen LogP contribution in [0.1, 0.15) is 5.56 Å². The molecule has 0 bridgehead atoms. The summed E-state index contributed by atoms with van der Waals surface area (Å²) in [5, 5.41) is 10.5. The molecule has 0 aliphatic carbocycles. The number of hydrogen-bond acceptors (Lipinski definition) is 5. The van der Waals surface area contributed by atoms with Gasteiger partial charge in [-0.05, 0) is 11.6 Å². The fourth-order valence-electron chi connectivity index (χ4n) is 2.38. The summed E-state index contributed by atoms with van der Waals surface area (Å²) in [5.74, 6) is 1.23. The lowest BCUT2D eigenvalue weighted by atomic mass is 10.2. The molecule has 2 aromatic carbocycles. The van der Waals surface area contributed by atoms with Crippen molar-refractivity contribution in [3.05, 3.63) is 71.3 Å². The van der Waals surface area contributed by atoms with Crippen LogP contribution in [0, 0.1) is 0 Å². The van der Waals surface area contributed by atoms with E-state index >= 15 is 0 Å². The number of fused-ring (bicyclic) bond motifs is 1. The molecule has 6 heteroatoms. The lowest BCUT2D eigenvalue weighted by Crippen LogP contribution is -1.75. The first-order valence-corrected chi connectivity index (χ1v) is 9.84. The maximum Gasteiger partial charge on any atom is 0.277 e. The Balaban J connectivity index is 1.46. The summed E-state index contributed by atoms with van der Waals surface area (Å²) in [6.07, 6.45) is 4.16. The van der Waals surface area contributed by atoms with Gasteiger partial charge in [0.15, 0.2) is 0 Å².